The van der Waals surface area contributed by atoms with Gasteiger partial charge in [0.05, 0.1) is 12.3 Å². The van der Waals surface area contributed by atoms with Gasteiger partial charge in [0, 0.05) is 13.1 Å². The Morgan fingerprint density at radius 3 is 3.09 bits per heavy atom. The number of nitrogens with one attached hydrogen (secondary N) is 2. The normalized spacial score (nSPS) is 17.9. The summed E-state index contributed by atoms with van der Waals surface area (Å²) in [5, 5.41) is 5.94. The summed E-state index contributed by atoms with van der Waals surface area (Å²) in [4.78, 5) is 0. The minimum Gasteiger partial charge on any atom is -0.384 e. The minimum absolute atomic E-state index is 0.486. The van der Waals surface area contributed by atoms with Gasteiger partial charge in [-0.05, 0) is 0 Å². The molecule has 0 radical (unpaired) electrons. The first kappa shape index (κ1) is 8.16. The molecular weight excluding hydrogens is 144 g/mol. The van der Waals surface area contributed by atoms with Crippen LogP contribution in [-0.2, 0) is 4.74 Å². The lowest BCUT2D eigenvalue weighted by molar-refractivity contribution is 0.123. The van der Waals surface area contributed by atoms with Crippen LogP contribution in [0.5, 0.6) is 0 Å². The van der Waals surface area contributed by atoms with Gasteiger partial charge in [0.25, 0.3) is 0 Å². The van der Waals surface area contributed by atoms with Crippen LogP contribution in [0.3, 0.4) is 0 Å². The second-order valence-corrected chi connectivity index (χ2v) is 2.28. The van der Waals surface area contributed by atoms with Crippen molar-refractivity contribution in [3.63, 3.8) is 0 Å². The Bertz CT molecular complexity index is 157. The fourth-order valence-electron chi connectivity index (χ4n) is 0.836. The molecule has 0 aromatic heterocycles. The predicted octanol–water partition coefficient (Wildman–Crippen LogP) is -1.76. The van der Waals surface area contributed by atoms with Gasteiger partial charge in [0.1, 0.15) is 12.6 Å². The second-order valence-electron chi connectivity index (χ2n) is 2.28. The van der Waals surface area contributed by atoms with E-state index in [9.17, 15) is 0 Å². The Morgan fingerprint density at radius 2 is 2.45 bits per heavy atom. The summed E-state index contributed by atoms with van der Waals surface area (Å²) < 4.78 is 5.10. The summed E-state index contributed by atoms with van der Waals surface area (Å²) in [5.74, 6) is 0.657. The average Bonchev–Trinajstić information content (AvgIpc) is 2.03. The molecule has 5 heteroatoms. The van der Waals surface area contributed by atoms with Crippen LogP contribution in [0.15, 0.2) is 11.5 Å². The third kappa shape index (κ3) is 2.28. The summed E-state index contributed by atoms with van der Waals surface area (Å²) in [6.45, 7) is 2.34. The first-order valence-electron chi connectivity index (χ1n) is 3.58. The van der Waals surface area contributed by atoms with E-state index < -0.39 is 0 Å². The van der Waals surface area contributed by atoms with Crippen molar-refractivity contribution in [2.45, 2.75) is 0 Å². The second kappa shape index (κ2) is 4.05. The molecule has 0 aliphatic carbocycles. The molecule has 1 heterocycles. The Balaban J connectivity index is 2.39. The van der Waals surface area contributed by atoms with Crippen molar-refractivity contribution < 1.29 is 4.74 Å². The van der Waals surface area contributed by atoms with E-state index in [0.717, 1.165) is 12.2 Å². The van der Waals surface area contributed by atoms with E-state index in [1.165, 1.54) is 0 Å². The van der Waals surface area contributed by atoms with E-state index in [-0.39, 0.29) is 0 Å². The maximum atomic E-state index is 5.60. The highest BCUT2D eigenvalue weighted by Crippen LogP contribution is 1.97. The molecule has 0 aromatic carbocycles. The van der Waals surface area contributed by atoms with Crippen LogP contribution in [0, 0.1) is 0 Å². The monoisotopic (exact) mass is 158 g/mol. The third-order valence-electron chi connectivity index (χ3n) is 1.42. The van der Waals surface area contributed by atoms with Gasteiger partial charge in [0.2, 0.25) is 0 Å². The Morgan fingerprint density at radius 1 is 1.64 bits per heavy atom. The van der Waals surface area contributed by atoms with Crippen LogP contribution in [-0.4, -0.2) is 26.4 Å². The molecule has 1 rings (SSSR count). The first-order chi connectivity index (χ1) is 5.34. The summed E-state index contributed by atoms with van der Waals surface area (Å²) in [6.07, 6.45) is 0. The van der Waals surface area contributed by atoms with E-state index in [0.29, 0.717) is 25.7 Å². The highest BCUT2D eigenvalue weighted by atomic mass is 16.5. The standard InChI is InChI=1S/C6H14N4O/c7-1-2-9-5-3-11-4-10-6(5)8/h9-10H,1-4,7-8H2. The fourth-order valence-corrected chi connectivity index (χ4v) is 0.836. The molecule has 11 heavy (non-hydrogen) atoms. The number of ether oxygens (including phenoxy) is 1. The molecule has 0 atom stereocenters. The Hall–Kier alpha value is -0.940. The largest absolute Gasteiger partial charge is 0.384 e. The van der Waals surface area contributed by atoms with Gasteiger partial charge in [-0.3, -0.25) is 0 Å². The van der Waals surface area contributed by atoms with Gasteiger partial charge in [-0.2, -0.15) is 0 Å². The number of hydrogen-bond donors (Lipinski definition) is 4. The maximum absolute atomic E-state index is 5.60. The van der Waals surface area contributed by atoms with Gasteiger partial charge in [-0.15, -0.1) is 0 Å². The van der Waals surface area contributed by atoms with E-state index >= 15 is 0 Å². The topological polar surface area (TPSA) is 85.3 Å². The summed E-state index contributed by atoms with van der Waals surface area (Å²) >= 11 is 0. The van der Waals surface area contributed by atoms with E-state index in [2.05, 4.69) is 10.6 Å². The van der Waals surface area contributed by atoms with Crippen LogP contribution in [0.25, 0.3) is 0 Å². The molecule has 0 bridgehead atoms. The van der Waals surface area contributed by atoms with Gasteiger partial charge in [0.15, 0.2) is 0 Å². The average molecular weight is 158 g/mol. The van der Waals surface area contributed by atoms with Gasteiger partial charge in [-0.1, -0.05) is 0 Å². The Labute approximate surface area is 65.8 Å². The molecule has 6 N–H and O–H groups in total. The van der Waals surface area contributed by atoms with E-state index in [1.807, 2.05) is 0 Å². The van der Waals surface area contributed by atoms with Crippen molar-refractivity contribution in [1.82, 2.24) is 10.6 Å². The van der Waals surface area contributed by atoms with Crippen LogP contribution in [0.4, 0.5) is 0 Å². The molecule has 0 saturated carbocycles. The Kier molecular flexibility index (Phi) is 3.00. The van der Waals surface area contributed by atoms with Gasteiger partial charge in [-0.25, -0.2) is 0 Å². The summed E-state index contributed by atoms with van der Waals surface area (Å²) in [7, 11) is 0. The molecule has 64 valence electrons. The van der Waals surface area contributed by atoms with Crippen LogP contribution < -0.4 is 22.1 Å². The highest BCUT2D eigenvalue weighted by Gasteiger charge is 2.07. The summed E-state index contributed by atoms with van der Waals surface area (Å²) in [6, 6.07) is 0. The SMILES string of the molecule is NCCNC1=C(N)NCOC1. The van der Waals surface area contributed by atoms with Crippen LogP contribution >= 0.6 is 0 Å². The van der Waals surface area contributed by atoms with Crippen molar-refractivity contribution >= 4 is 0 Å². The van der Waals surface area contributed by atoms with Crippen molar-refractivity contribution in [2.75, 3.05) is 26.4 Å². The molecule has 0 spiro atoms. The lowest BCUT2D eigenvalue weighted by Gasteiger charge is -2.20. The third-order valence-corrected chi connectivity index (χ3v) is 1.42. The first-order valence-corrected chi connectivity index (χ1v) is 3.58. The molecule has 0 saturated heterocycles. The minimum atomic E-state index is 0.486. The highest BCUT2D eigenvalue weighted by molar-refractivity contribution is 5.09. The fraction of sp³-hybridized carbons (Fsp3) is 0.667. The lowest BCUT2D eigenvalue weighted by Crippen LogP contribution is -2.37. The number of nitrogens with two attached hydrogens (primary N) is 2. The molecular formula is C6H14N4O. The van der Waals surface area contributed by atoms with Crippen molar-refractivity contribution in [3.8, 4) is 0 Å². The molecule has 5 nitrogen and oxygen atoms in total. The number of rotatable bonds is 3. The zero-order chi connectivity index (χ0) is 8.10. The van der Waals surface area contributed by atoms with Crippen LogP contribution in [0.2, 0.25) is 0 Å². The molecule has 0 amide bonds. The van der Waals surface area contributed by atoms with Crippen LogP contribution in [0.1, 0.15) is 0 Å². The predicted molar refractivity (Wildman–Crippen MR) is 42.2 cm³/mol. The molecule has 0 unspecified atom stereocenters. The quantitative estimate of drug-likeness (QED) is 0.391. The smallest absolute Gasteiger partial charge is 0.120 e. The van der Waals surface area contributed by atoms with E-state index in [4.69, 9.17) is 16.2 Å². The zero-order valence-electron chi connectivity index (χ0n) is 6.39. The van der Waals surface area contributed by atoms with Crippen molar-refractivity contribution in [2.24, 2.45) is 11.5 Å². The molecule has 0 fully saturated rings. The van der Waals surface area contributed by atoms with Crippen molar-refractivity contribution in [1.29, 1.82) is 0 Å². The van der Waals surface area contributed by atoms with Gasteiger partial charge >= 0.3 is 0 Å². The molecule has 0 aromatic rings. The van der Waals surface area contributed by atoms with E-state index in [1.54, 1.807) is 0 Å². The zero-order valence-corrected chi connectivity index (χ0v) is 6.39. The van der Waals surface area contributed by atoms with Crippen molar-refractivity contribution in [3.05, 3.63) is 11.5 Å². The number of hydrogen-bond acceptors (Lipinski definition) is 5. The lowest BCUT2D eigenvalue weighted by atomic mass is 10.4. The molecule has 1 aliphatic heterocycles. The van der Waals surface area contributed by atoms with Gasteiger partial charge < -0.3 is 26.8 Å². The molecule has 1 aliphatic rings. The summed E-state index contributed by atoms with van der Waals surface area (Å²) in [5.41, 5.74) is 11.8. The maximum Gasteiger partial charge on any atom is 0.120 e.